The van der Waals surface area contributed by atoms with E-state index in [1.54, 1.807) is 0 Å². The van der Waals surface area contributed by atoms with Crippen LogP contribution in [-0.4, -0.2) is 33.8 Å². The van der Waals surface area contributed by atoms with Crippen molar-refractivity contribution in [2.24, 2.45) is 5.92 Å². The molecule has 1 aromatic heterocycles. The molecule has 1 fully saturated rings. The van der Waals surface area contributed by atoms with E-state index < -0.39 is 0 Å². The Morgan fingerprint density at radius 3 is 2.65 bits per heavy atom. The van der Waals surface area contributed by atoms with Crippen molar-refractivity contribution in [3.05, 3.63) is 56.6 Å². The maximum Gasteiger partial charge on any atom is 0.307 e. The van der Waals surface area contributed by atoms with Gasteiger partial charge in [-0.2, -0.15) is 0 Å². The van der Waals surface area contributed by atoms with Crippen LogP contribution < -0.4 is 4.87 Å². The Labute approximate surface area is 141 Å². The third-order valence-electron chi connectivity index (χ3n) is 4.64. The molecule has 1 aliphatic rings. The van der Waals surface area contributed by atoms with Crippen molar-refractivity contribution < 1.29 is 5.11 Å². The van der Waals surface area contributed by atoms with Gasteiger partial charge in [0.05, 0.1) is 6.61 Å². The fourth-order valence-electron chi connectivity index (χ4n) is 3.13. The summed E-state index contributed by atoms with van der Waals surface area (Å²) in [5.41, 5.74) is 2.27. The Hall–Kier alpha value is -1.43. The lowest BCUT2D eigenvalue weighted by Gasteiger charge is -2.31. The predicted molar refractivity (Wildman–Crippen MR) is 93.8 cm³/mol. The highest BCUT2D eigenvalue weighted by atomic mass is 32.1. The summed E-state index contributed by atoms with van der Waals surface area (Å²) in [5, 5.41) is 11.8. The van der Waals surface area contributed by atoms with Crippen LogP contribution >= 0.6 is 11.3 Å². The lowest BCUT2D eigenvalue weighted by molar-refractivity contribution is 0.0972. The molecule has 23 heavy (non-hydrogen) atoms. The highest BCUT2D eigenvalue weighted by Crippen LogP contribution is 2.35. The number of hydrogen-bond acceptors (Lipinski definition) is 4. The number of aryl methyl sites for hydroxylation is 1. The first-order chi connectivity index (χ1) is 11.2. The van der Waals surface area contributed by atoms with Gasteiger partial charge in [0.1, 0.15) is 0 Å². The molecule has 3 rings (SSSR count). The van der Waals surface area contributed by atoms with Gasteiger partial charge in [0.25, 0.3) is 0 Å². The number of rotatable bonds is 8. The summed E-state index contributed by atoms with van der Waals surface area (Å²) in [5.74, 6) is 0.601. The molecule has 0 radical (unpaired) electrons. The number of aliphatic hydroxyl groups is 1. The second-order valence-corrected chi connectivity index (χ2v) is 7.16. The molecule has 1 N–H and O–H groups in total. The Morgan fingerprint density at radius 2 is 2.09 bits per heavy atom. The van der Waals surface area contributed by atoms with Gasteiger partial charge in [0.15, 0.2) is 0 Å². The molecule has 0 bridgehead atoms. The van der Waals surface area contributed by atoms with Gasteiger partial charge in [-0.3, -0.25) is 9.69 Å². The summed E-state index contributed by atoms with van der Waals surface area (Å²) in [6.45, 7) is 4.46. The summed E-state index contributed by atoms with van der Waals surface area (Å²) in [4.78, 5) is 14.4. The average Bonchev–Trinajstić information content (AvgIpc) is 3.34. The van der Waals surface area contributed by atoms with Crippen LogP contribution in [0.5, 0.6) is 0 Å². The van der Waals surface area contributed by atoms with E-state index in [9.17, 15) is 9.90 Å². The van der Waals surface area contributed by atoms with Crippen molar-refractivity contribution in [1.29, 1.82) is 0 Å². The summed E-state index contributed by atoms with van der Waals surface area (Å²) in [7, 11) is 0. The molecule has 5 heteroatoms. The van der Waals surface area contributed by atoms with E-state index >= 15 is 0 Å². The van der Waals surface area contributed by atoms with Gasteiger partial charge >= 0.3 is 4.87 Å². The third-order valence-corrected chi connectivity index (χ3v) is 5.52. The van der Waals surface area contributed by atoms with E-state index in [4.69, 9.17) is 0 Å². The topological polar surface area (TPSA) is 45.5 Å². The zero-order valence-electron chi connectivity index (χ0n) is 13.5. The van der Waals surface area contributed by atoms with Crippen molar-refractivity contribution in [3.63, 3.8) is 0 Å². The zero-order chi connectivity index (χ0) is 16.2. The van der Waals surface area contributed by atoms with E-state index in [0.717, 1.165) is 18.8 Å². The Morgan fingerprint density at radius 1 is 1.35 bits per heavy atom. The van der Waals surface area contributed by atoms with Crippen LogP contribution in [0.2, 0.25) is 0 Å². The molecule has 1 saturated carbocycles. The second-order valence-electron chi connectivity index (χ2n) is 6.34. The molecule has 124 valence electrons. The van der Waals surface area contributed by atoms with E-state index in [-0.39, 0.29) is 17.5 Å². The van der Waals surface area contributed by atoms with Gasteiger partial charge < -0.3 is 9.67 Å². The lowest BCUT2D eigenvalue weighted by atomic mass is 10.1. The van der Waals surface area contributed by atoms with Gasteiger partial charge in [-0.1, -0.05) is 41.7 Å². The molecule has 1 aliphatic carbocycles. The van der Waals surface area contributed by atoms with Gasteiger partial charge in [0.2, 0.25) is 0 Å². The quantitative estimate of drug-likeness (QED) is 0.808. The van der Waals surface area contributed by atoms with E-state index in [0.29, 0.717) is 12.5 Å². The minimum atomic E-state index is 0.106. The van der Waals surface area contributed by atoms with E-state index in [2.05, 4.69) is 17.0 Å². The smallest absolute Gasteiger partial charge is 0.307 e. The SMILES string of the molecule is Cc1csc(=O)n1CCN(Cc1ccccc1)C(CO)C1CC1. The van der Waals surface area contributed by atoms with Crippen LogP contribution in [0.1, 0.15) is 24.1 Å². The molecule has 1 heterocycles. The maximum absolute atomic E-state index is 11.9. The summed E-state index contributed by atoms with van der Waals surface area (Å²) < 4.78 is 1.84. The molecule has 0 spiro atoms. The summed E-state index contributed by atoms with van der Waals surface area (Å²) in [6.07, 6.45) is 2.40. The van der Waals surface area contributed by atoms with E-state index in [1.165, 1.54) is 29.7 Å². The standard InChI is InChI=1S/C18H24N2O2S/c1-14-13-23-18(22)20(14)10-9-19(17(12-21)16-7-8-16)11-15-5-3-2-4-6-15/h2-6,13,16-17,21H,7-12H2,1H3. The predicted octanol–water partition coefficient (Wildman–Crippen LogP) is 2.49. The molecule has 4 nitrogen and oxygen atoms in total. The highest BCUT2D eigenvalue weighted by Gasteiger charge is 2.34. The molecular formula is C18H24N2O2S. The Bertz CT molecular complexity index is 676. The lowest BCUT2D eigenvalue weighted by Crippen LogP contribution is -2.41. The molecular weight excluding hydrogens is 308 g/mol. The van der Waals surface area contributed by atoms with Crippen molar-refractivity contribution in [2.45, 2.75) is 38.9 Å². The minimum absolute atomic E-state index is 0.106. The van der Waals surface area contributed by atoms with Gasteiger partial charge in [0, 0.05) is 36.8 Å². The van der Waals surface area contributed by atoms with Crippen molar-refractivity contribution >= 4 is 11.3 Å². The summed E-state index contributed by atoms with van der Waals surface area (Å²) in [6, 6.07) is 10.6. The van der Waals surface area contributed by atoms with Gasteiger partial charge in [-0.25, -0.2) is 0 Å². The van der Waals surface area contributed by atoms with Crippen LogP contribution in [0.25, 0.3) is 0 Å². The normalized spacial score (nSPS) is 16.0. The van der Waals surface area contributed by atoms with Crippen molar-refractivity contribution in [3.8, 4) is 0 Å². The van der Waals surface area contributed by atoms with Gasteiger partial charge in [-0.05, 0) is 31.2 Å². The van der Waals surface area contributed by atoms with Crippen LogP contribution in [-0.2, 0) is 13.1 Å². The fourth-order valence-corrected chi connectivity index (χ4v) is 3.89. The van der Waals surface area contributed by atoms with Crippen molar-refractivity contribution in [1.82, 2.24) is 9.47 Å². The zero-order valence-corrected chi connectivity index (χ0v) is 14.3. The number of hydrogen-bond donors (Lipinski definition) is 1. The molecule has 1 unspecified atom stereocenters. The van der Waals surface area contributed by atoms with E-state index in [1.807, 2.05) is 35.1 Å². The number of aliphatic hydroxyl groups excluding tert-OH is 1. The first-order valence-electron chi connectivity index (χ1n) is 8.23. The number of nitrogens with zero attached hydrogens (tertiary/aromatic N) is 2. The molecule has 0 aliphatic heterocycles. The average molecular weight is 332 g/mol. The largest absolute Gasteiger partial charge is 0.395 e. The molecule has 1 aromatic carbocycles. The number of benzene rings is 1. The number of thiazole rings is 1. The molecule has 0 saturated heterocycles. The van der Waals surface area contributed by atoms with Crippen LogP contribution in [0.3, 0.4) is 0 Å². The minimum Gasteiger partial charge on any atom is -0.395 e. The first kappa shape index (κ1) is 16.4. The second kappa shape index (κ2) is 7.43. The van der Waals surface area contributed by atoms with Gasteiger partial charge in [-0.15, -0.1) is 0 Å². The Balaban J connectivity index is 1.73. The molecule has 1 atom stereocenters. The Kier molecular flexibility index (Phi) is 5.30. The first-order valence-corrected chi connectivity index (χ1v) is 9.10. The summed E-state index contributed by atoms with van der Waals surface area (Å²) >= 11 is 1.26. The molecule has 0 amide bonds. The van der Waals surface area contributed by atoms with Crippen molar-refractivity contribution in [2.75, 3.05) is 13.2 Å². The van der Waals surface area contributed by atoms with Crippen LogP contribution in [0.4, 0.5) is 0 Å². The fraction of sp³-hybridized carbons (Fsp3) is 0.500. The number of aromatic nitrogens is 1. The maximum atomic E-state index is 11.9. The highest BCUT2D eigenvalue weighted by molar-refractivity contribution is 7.07. The van der Waals surface area contributed by atoms with Crippen LogP contribution in [0.15, 0.2) is 40.5 Å². The molecule has 2 aromatic rings. The monoisotopic (exact) mass is 332 g/mol. The third kappa shape index (κ3) is 4.10. The van der Waals surface area contributed by atoms with Crippen LogP contribution in [0, 0.1) is 12.8 Å².